The van der Waals surface area contributed by atoms with Crippen molar-refractivity contribution in [1.29, 1.82) is 0 Å². The van der Waals surface area contributed by atoms with E-state index in [0.717, 1.165) is 16.8 Å². The Hall–Kier alpha value is -2.07. The summed E-state index contributed by atoms with van der Waals surface area (Å²) in [5.74, 6) is -1.30. The van der Waals surface area contributed by atoms with E-state index in [0.29, 0.717) is 6.54 Å². The van der Waals surface area contributed by atoms with Crippen molar-refractivity contribution in [3.8, 4) is 0 Å². The third-order valence-corrected chi connectivity index (χ3v) is 3.08. The number of rotatable bonds is 5. The van der Waals surface area contributed by atoms with Crippen molar-refractivity contribution in [2.45, 2.75) is 13.0 Å². The smallest absolute Gasteiger partial charge is 0.307 e. The van der Waals surface area contributed by atoms with Crippen LogP contribution < -0.4 is 5.32 Å². The van der Waals surface area contributed by atoms with Gasteiger partial charge in [-0.25, -0.2) is 4.39 Å². The molecule has 2 rings (SSSR count). The van der Waals surface area contributed by atoms with Crippen LogP contribution in [0.3, 0.4) is 0 Å². The minimum absolute atomic E-state index is 0.0152. The molecule has 2 aromatic carbocycles. The van der Waals surface area contributed by atoms with Crippen molar-refractivity contribution in [3.05, 3.63) is 64.4 Å². The molecule has 0 unspecified atom stereocenters. The highest BCUT2D eigenvalue weighted by atomic mass is 35.5. The van der Waals surface area contributed by atoms with Gasteiger partial charge < -0.3 is 10.4 Å². The lowest BCUT2D eigenvalue weighted by atomic mass is 10.1. The third-order valence-electron chi connectivity index (χ3n) is 2.79. The van der Waals surface area contributed by atoms with Gasteiger partial charge in [0.2, 0.25) is 0 Å². The average molecular weight is 294 g/mol. The molecular formula is C15H13ClFNO2. The Bertz CT molecular complexity index is 614. The number of hydrogen-bond acceptors (Lipinski definition) is 2. The average Bonchev–Trinajstić information content (AvgIpc) is 2.41. The quantitative estimate of drug-likeness (QED) is 0.883. The van der Waals surface area contributed by atoms with Crippen molar-refractivity contribution in [2.24, 2.45) is 0 Å². The van der Waals surface area contributed by atoms with E-state index in [-0.39, 0.29) is 11.4 Å². The van der Waals surface area contributed by atoms with Crippen LogP contribution in [0.4, 0.5) is 10.1 Å². The molecule has 20 heavy (non-hydrogen) atoms. The largest absolute Gasteiger partial charge is 0.481 e. The van der Waals surface area contributed by atoms with Crippen molar-refractivity contribution in [1.82, 2.24) is 0 Å². The SMILES string of the molecule is O=C(O)Cc1ccc(CNc2ccc(F)c(Cl)c2)cc1. The zero-order valence-corrected chi connectivity index (χ0v) is 11.3. The lowest BCUT2D eigenvalue weighted by Gasteiger charge is -2.08. The maximum atomic E-state index is 13.0. The maximum Gasteiger partial charge on any atom is 0.307 e. The second-order valence-corrected chi connectivity index (χ2v) is 4.78. The zero-order valence-electron chi connectivity index (χ0n) is 10.6. The Labute approximate surface area is 121 Å². The summed E-state index contributed by atoms with van der Waals surface area (Å²) in [4.78, 5) is 10.6. The van der Waals surface area contributed by atoms with E-state index in [1.807, 2.05) is 12.1 Å². The number of halogens is 2. The van der Waals surface area contributed by atoms with Gasteiger partial charge >= 0.3 is 5.97 Å². The van der Waals surface area contributed by atoms with Crippen molar-refractivity contribution in [3.63, 3.8) is 0 Å². The van der Waals surface area contributed by atoms with E-state index in [2.05, 4.69) is 5.32 Å². The van der Waals surface area contributed by atoms with Crippen LogP contribution in [0.5, 0.6) is 0 Å². The van der Waals surface area contributed by atoms with Gasteiger partial charge in [-0.05, 0) is 29.3 Å². The highest BCUT2D eigenvalue weighted by Crippen LogP contribution is 2.20. The highest BCUT2D eigenvalue weighted by molar-refractivity contribution is 6.31. The number of carbonyl (C=O) groups is 1. The summed E-state index contributed by atoms with van der Waals surface area (Å²) in [6.07, 6.45) is 0.0152. The lowest BCUT2D eigenvalue weighted by Crippen LogP contribution is -2.02. The van der Waals surface area contributed by atoms with Gasteiger partial charge in [-0.1, -0.05) is 35.9 Å². The van der Waals surface area contributed by atoms with E-state index >= 15 is 0 Å². The first-order valence-corrected chi connectivity index (χ1v) is 6.41. The molecule has 0 aliphatic heterocycles. The van der Waals surface area contributed by atoms with Crippen molar-refractivity contribution in [2.75, 3.05) is 5.32 Å². The lowest BCUT2D eigenvalue weighted by molar-refractivity contribution is -0.136. The molecule has 0 spiro atoms. The van der Waals surface area contributed by atoms with Crippen molar-refractivity contribution >= 4 is 23.3 Å². The number of hydrogen-bond donors (Lipinski definition) is 2. The second-order valence-electron chi connectivity index (χ2n) is 4.37. The Balaban J connectivity index is 1.96. The van der Waals surface area contributed by atoms with Gasteiger partial charge in [-0.3, -0.25) is 4.79 Å². The molecule has 0 atom stereocenters. The maximum absolute atomic E-state index is 13.0. The molecule has 0 aliphatic carbocycles. The minimum Gasteiger partial charge on any atom is -0.481 e. The molecule has 0 heterocycles. The standard InChI is InChI=1S/C15H13ClFNO2/c16-13-8-12(5-6-14(13)17)18-9-11-3-1-10(2-4-11)7-15(19)20/h1-6,8,18H,7,9H2,(H,19,20). The number of carboxylic acid groups (broad SMARTS) is 1. The number of nitrogens with one attached hydrogen (secondary N) is 1. The van der Waals surface area contributed by atoms with Gasteiger partial charge in [-0.2, -0.15) is 0 Å². The van der Waals surface area contributed by atoms with Gasteiger partial charge in [-0.15, -0.1) is 0 Å². The Morgan fingerprint density at radius 3 is 2.40 bits per heavy atom. The highest BCUT2D eigenvalue weighted by Gasteiger charge is 2.02. The number of benzene rings is 2. The first kappa shape index (κ1) is 14.3. The topological polar surface area (TPSA) is 49.3 Å². The summed E-state index contributed by atoms with van der Waals surface area (Å²) in [5.41, 5.74) is 2.48. The number of aliphatic carboxylic acids is 1. The normalized spacial score (nSPS) is 10.3. The monoisotopic (exact) mass is 293 g/mol. The second kappa shape index (κ2) is 6.39. The predicted molar refractivity (Wildman–Crippen MR) is 76.5 cm³/mol. The van der Waals surface area contributed by atoms with Crippen LogP contribution >= 0.6 is 11.6 Å². The molecule has 0 saturated carbocycles. The molecule has 0 amide bonds. The van der Waals surface area contributed by atoms with Crippen LogP contribution in [0.25, 0.3) is 0 Å². The molecule has 0 radical (unpaired) electrons. The van der Waals surface area contributed by atoms with E-state index < -0.39 is 11.8 Å². The van der Waals surface area contributed by atoms with Gasteiger partial charge in [0, 0.05) is 12.2 Å². The van der Waals surface area contributed by atoms with E-state index in [4.69, 9.17) is 16.7 Å². The summed E-state index contributed by atoms with van der Waals surface area (Å²) >= 11 is 5.69. The molecule has 0 aliphatic rings. The molecule has 0 bridgehead atoms. The predicted octanol–water partition coefficient (Wildman–Crippen LogP) is 3.72. The van der Waals surface area contributed by atoms with E-state index in [9.17, 15) is 9.18 Å². The van der Waals surface area contributed by atoms with Crippen LogP contribution in [0, 0.1) is 5.82 Å². The molecule has 5 heteroatoms. The van der Waals surface area contributed by atoms with Gasteiger partial charge in [0.15, 0.2) is 0 Å². The fraction of sp³-hybridized carbons (Fsp3) is 0.133. The van der Waals surface area contributed by atoms with Gasteiger partial charge in [0.05, 0.1) is 11.4 Å². The number of carboxylic acids is 1. The van der Waals surface area contributed by atoms with E-state index in [1.165, 1.54) is 12.1 Å². The summed E-state index contributed by atoms with van der Waals surface area (Å²) < 4.78 is 13.0. The molecule has 2 aromatic rings. The molecule has 0 fully saturated rings. The molecule has 104 valence electrons. The van der Waals surface area contributed by atoms with Crippen LogP contribution in [-0.4, -0.2) is 11.1 Å². The first-order chi connectivity index (χ1) is 9.54. The van der Waals surface area contributed by atoms with Crippen LogP contribution in [0.15, 0.2) is 42.5 Å². The summed E-state index contributed by atoms with van der Waals surface area (Å²) in [5, 5.41) is 11.9. The molecule has 0 saturated heterocycles. The van der Waals surface area contributed by atoms with Gasteiger partial charge in [0.25, 0.3) is 0 Å². The number of anilines is 1. The van der Waals surface area contributed by atoms with Crippen molar-refractivity contribution < 1.29 is 14.3 Å². The molecule has 3 nitrogen and oxygen atoms in total. The van der Waals surface area contributed by atoms with Crippen LogP contribution in [0.2, 0.25) is 5.02 Å². The summed E-state index contributed by atoms with van der Waals surface area (Å²) in [6.45, 7) is 0.551. The fourth-order valence-electron chi connectivity index (χ4n) is 1.76. The molecule has 0 aromatic heterocycles. The molecular weight excluding hydrogens is 281 g/mol. The van der Waals surface area contributed by atoms with Gasteiger partial charge in [0.1, 0.15) is 5.82 Å². The third kappa shape index (κ3) is 3.96. The first-order valence-electron chi connectivity index (χ1n) is 6.03. The Morgan fingerprint density at radius 2 is 1.80 bits per heavy atom. The summed E-state index contributed by atoms with van der Waals surface area (Å²) in [6, 6.07) is 11.7. The Kier molecular flexibility index (Phi) is 4.58. The Morgan fingerprint density at radius 1 is 1.15 bits per heavy atom. The van der Waals surface area contributed by atoms with Crippen LogP contribution in [0.1, 0.15) is 11.1 Å². The fourth-order valence-corrected chi connectivity index (χ4v) is 1.94. The van der Waals surface area contributed by atoms with E-state index in [1.54, 1.807) is 18.2 Å². The zero-order chi connectivity index (χ0) is 14.5. The van der Waals surface area contributed by atoms with Crippen LogP contribution in [-0.2, 0) is 17.8 Å². The minimum atomic E-state index is -0.850. The summed E-state index contributed by atoms with van der Waals surface area (Å²) in [7, 11) is 0. The molecule has 2 N–H and O–H groups in total.